The van der Waals surface area contributed by atoms with E-state index in [0.29, 0.717) is 11.3 Å². The molecular formula is C27H30N4O3. The third-order valence-electron chi connectivity index (χ3n) is 5.28. The predicted octanol–water partition coefficient (Wildman–Crippen LogP) is 2.50. The highest BCUT2D eigenvalue weighted by atomic mass is 16.3. The Labute approximate surface area is 199 Å². The molecule has 7 heteroatoms. The van der Waals surface area contributed by atoms with Gasteiger partial charge in [-0.3, -0.25) is 14.6 Å². The highest BCUT2D eigenvalue weighted by molar-refractivity contribution is 5.98. The Hall–Kier alpha value is -3.81. The van der Waals surface area contributed by atoms with Gasteiger partial charge in [0.2, 0.25) is 5.91 Å². The first kappa shape index (κ1) is 24.8. The second-order valence-corrected chi connectivity index (χ2v) is 8.37. The molecule has 2 atom stereocenters. The van der Waals surface area contributed by atoms with Gasteiger partial charge in [-0.1, -0.05) is 60.7 Å². The molecule has 2 unspecified atom stereocenters. The number of hydrogen-bond acceptors (Lipinski definition) is 5. The lowest BCUT2D eigenvalue weighted by atomic mass is 10.00. The van der Waals surface area contributed by atoms with Gasteiger partial charge >= 0.3 is 0 Å². The molecule has 3 aromatic rings. The summed E-state index contributed by atoms with van der Waals surface area (Å²) in [5.41, 5.74) is 9.17. The number of primary amides is 1. The minimum absolute atomic E-state index is 0.251. The maximum atomic E-state index is 13.1. The van der Waals surface area contributed by atoms with E-state index < -0.39 is 24.0 Å². The lowest BCUT2D eigenvalue weighted by Gasteiger charge is -2.22. The number of benzene rings is 2. The van der Waals surface area contributed by atoms with Crippen LogP contribution in [0.25, 0.3) is 12.2 Å². The van der Waals surface area contributed by atoms with E-state index in [9.17, 15) is 14.7 Å². The van der Waals surface area contributed by atoms with Crippen molar-refractivity contribution in [1.29, 1.82) is 0 Å². The van der Waals surface area contributed by atoms with Gasteiger partial charge in [-0.15, -0.1) is 0 Å². The summed E-state index contributed by atoms with van der Waals surface area (Å²) in [5, 5.41) is 13.1. The Morgan fingerprint density at radius 1 is 1.00 bits per heavy atom. The number of hydrogen-bond donors (Lipinski definition) is 3. The molecule has 0 fully saturated rings. The zero-order valence-corrected chi connectivity index (χ0v) is 19.4. The van der Waals surface area contributed by atoms with Gasteiger partial charge < -0.3 is 21.1 Å². The molecule has 0 saturated heterocycles. The van der Waals surface area contributed by atoms with Crippen LogP contribution in [0.3, 0.4) is 0 Å². The summed E-state index contributed by atoms with van der Waals surface area (Å²) in [5.74, 6) is -1.35. The Balaban J connectivity index is 1.78. The average Bonchev–Trinajstić information content (AvgIpc) is 2.83. The van der Waals surface area contributed by atoms with Crippen molar-refractivity contribution in [1.82, 2.24) is 15.2 Å². The van der Waals surface area contributed by atoms with Gasteiger partial charge in [0.1, 0.15) is 0 Å². The summed E-state index contributed by atoms with van der Waals surface area (Å²) in [6, 6.07) is 19.9. The van der Waals surface area contributed by atoms with Crippen molar-refractivity contribution in [2.24, 2.45) is 5.73 Å². The van der Waals surface area contributed by atoms with Crippen LogP contribution in [0.1, 0.15) is 32.7 Å². The highest BCUT2D eigenvalue weighted by Gasteiger charge is 2.27. The molecular weight excluding hydrogens is 428 g/mol. The SMILES string of the molecule is CN(C)Cc1ccc(/C=C/c2ncccc2C(=O)NC(Cc2ccccc2)C(O)C(N)=O)cc1. The van der Waals surface area contributed by atoms with Crippen molar-refractivity contribution < 1.29 is 14.7 Å². The first-order valence-corrected chi connectivity index (χ1v) is 11.0. The van der Waals surface area contributed by atoms with Crippen LogP contribution < -0.4 is 11.1 Å². The summed E-state index contributed by atoms with van der Waals surface area (Å²) < 4.78 is 0. The maximum absolute atomic E-state index is 13.1. The van der Waals surface area contributed by atoms with E-state index in [1.54, 1.807) is 24.4 Å². The molecule has 3 rings (SSSR count). The van der Waals surface area contributed by atoms with Crippen molar-refractivity contribution in [2.45, 2.75) is 25.1 Å². The van der Waals surface area contributed by atoms with Gasteiger partial charge in [-0.25, -0.2) is 0 Å². The van der Waals surface area contributed by atoms with E-state index in [2.05, 4.69) is 27.3 Å². The minimum Gasteiger partial charge on any atom is -0.381 e. The molecule has 0 aliphatic heterocycles. The first-order valence-electron chi connectivity index (χ1n) is 11.0. The molecule has 0 aliphatic carbocycles. The number of carbonyl (C=O) groups is 2. The standard InChI is InChI=1S/C27H30N4O3/c1-31(2)18-21-12-10-19(11-13-21)14-15-23-22(9-6-16-29-23)27(34)30-24(25(32)26(28)33)17-20-7-4-3-5-8-20/h3-16,24-25,32H,17-18H2,1-2H3,(H2,28,33)(H,30,34)/b15-14+. The van der Waals surface area contributed by atoms with E-state index >= 15 is 0 Å². The second-order valence-electron chi connectivity index (χ2n) is 8.37. The van der Waals surface area contributed by atoms with Crippen molar-refractivity contribution >= 4 is 24.0 Å². The van der Waals surface area contributed by atoms with Crippen molar-refractivity contribution in [3.8, 4) is 0 Å². The fraction of sp³-hybridized carbons (Fsp3) is 0.222. The number of nitrogens with zero attached hydrogens (tertiary/aromatic N) is 2. The predicted molar refractivity (Wildman–Crippen MR) is 134 cm³/mol. The summed E-state index contributed by atoms with van der Waals surface area (Å²) in [7, 11) is 4.04. The molecule has 2 aromatic carbocycles. The van der Waals surface area contributed by atoms with Crippen LogP contribution in [0.4, 0.5) is 0 Å². The minimum atomic E-state index is -1.53. The molecule has 34 heavy (non-hydrogen) atoms. The molecule has 0 aliphatic rings. The van der Waals surface area contributed by atoms with E-state index in [1.807, 2.05) is 62.6 Å². The number of aliphatic hydroxyl groups is 1. The Kier molecular flexibility index (Phi) is 8.67. The van der Waals surface area contributed by atoms with Gasteiger partial charge in [-0.05, 0) is 55.4 Å². The second kappa shape index (κ2) is 11.9. The third-order valence-corrected chi connectivity index (χ3v) is 5.28. The summed E-state index contributed by atoms with van der Waals surface area (Å²) in [6.07, 6.45) is 3.99. The van der Waals surface area contributed by atoms with Gasteiger partial charge in [-0.2, -0.15) is 0 Å². The fourth-order valence-electron chi connectivity index (χ4n) is 3.57. The quantitative estimate of drug-likeness (QED) is 0.433. The lowest BCUT2D eigenvalue weighted by Crippen LogP contribution is -2.50. The molecule has 2 amide bonds. The molecule has 176 valence electrons. The van der Waals surface area contributed by atoms with Gasteiger partial charge in [0.15, 0.2) is 6.10 Å². The number of carbonyl (C=O) groups excluding carboxylic acids is 2. The van der Waals surface area contributed by atoms with E-state index in [1.165, 1.54) is 5.56 Å². The average molecular weight is 459 g/mol. The Bertz CT molecular complexity index is 1130. The van der Waals surface area contributed by atoms with Crippen LogP contribution in [0.2, 0.25) is 0 Å². The van der Waals surface area contributed by atoms with E-state index in [-0.39, 0.29) is 6.42 Å². The number of amides is 2. The van der Waals surface area contributed by atoms with Crippen LogP contribution in [-0.2, 0) is 17.8 Å². The highest BCUT2D eigenvalue weighted by Crippen LogP contribution is 2.14. The fourth-order valence-corrected chi connectivity index (χ4v) is 3.57. The first-order chi connectivity index (χ1) is 16.3. The number of pyridine rings is 1. The molecule has 0 saturated carbocycles. The summed E-state index contributed by atoms with van der Waals surface area (Å²) in [6.45, 7) is 0.857. The topological polar surface area (TPSA) is 109 Å². The van der Waals surface area contributed by atoms with Crippen LogP contribution in [0.5, 0.6) is 0 Å². The van der Waals surface area contributed by atoms with Gasteiger partial charge in [0, 0.05) is 12.7 Å². The molecule has 7 nitrogen and oxygen atoms in total. The smallest absolute Gasteiger partial charge is 0.253 e. The molecule has 0 radical (unpaired) electrons. The van der Waals surface area contributed by atoms with Gasteiger partial charge in [0.05, 0.1) is 17.3 Å². The number of rotatable bonds is 10. The molecule has 1 heterocycles. The van der Waals surface area contributed by atoms with Crippen molar-refractivity contribution in [3.05, 3.63) is 101 Å². The normalized spacial score (nSPS) is 13.1. The van der Waals surface area contributed by atoms with Crippen LogP contribution in [0, 0.1) is 0 Å². The number of aliphatic hydroxyl groups excluding tert-OH is 1. The zero-order chi connectivity index (χ0) is 24.5. The molecule has 0 spiro atoms. The van der Waals surface area contributed by atoms with E-state index in [4.69, 9.17) is 5.73 Å². The maximum Gasteiger partial charge on any atom is 0.253 e. The lowest BCUT2D eigenvalue weighted by molar-refractivity contribution is -0.127. The monoisotopic (exact) mass is 458 g/mol. The molecule has 0 bridgehead atoms. The third kappa shape index (κ3) is 7.10. The van der Waals surface area contributed by atoms with Crippen LogP contribution in [0.15, 0.2) is 72.9 Å². The van der Waals surface area contributed by atoms with Gasteiger partial charge in [0.25, 0.3) is 5.91 Å². The number of nitrogens with two attached hydrogens (primary N) is 1. The number of nitrogens with one attached hydrogen (secondary N) is 1. The Morgan fingerprint density at radius 3 is 2.35 bits per heavy atom. The Morgan fingerprint density at radius 2 is 1.71 bits per heavy atom. The van der Waals surface area contributed by atoms with Crippen LogP contribution in [-0.4, -0.2) is 53.0 Å². The molecule has 4 N–H and O–H groups in total. The summed E-state index contributed by atoms with van der Waals surface area (Å²) >= 11 is 0. The molecule has 1 aromatic heterocycles. The van der Waals surface area contributed by atoms with Crippen molar-refractivity contribution in [3.63, 3.8) is 0 Å². The van der Waals surface area contributed by atoms with Crippen molar-refractivity contribution in [2.75, 3.05) is 14.1 Å². The van der Waals surface area contributed by atoms with Crippen LogP contribution >= 0.6 is 0 Å². The van der Waals surface area contributed by atoms with E-state index in [0.717, 1.165) is 17.7 Å². The number of aromatic nitrogens is 1. The summed E-state index contributed by atoms with van der Waals surface area (Å²) in [4.78, 5) is 31.2. The largest absolute Gasteiger partial charge is 0.381 e. The zero-order valence-electron chi connectivity index (χ0n) is 19.4.